The summed E-state index contributed by atoms with van der Waals surface area (Å²) in [6, 6.07) is 19.3. The fourth-order valence-electron chi connectivity index (χ4n) is 2.57. The molecule has 2 aromatic carbocycles. The summed E-state index contributed by atoms with van der Waals surface area (Å²) < 4.78 is 1.69. The van der Waals surface area contributed by atoms with Crippen LogP contribution in [0.3, 0.4) is 0 Å². The van der Waals surface area contributed by atoms with Gasteiger partial charge in [-0.1, -0.05) is 60.7 Å². The van der Waals surface area contributed by atoms with E-state index in [9.17, 15) is 4.79 Å². The van der Waals surface area contributed by atoms with E-state index in [4.69, 9.17) is 0 Å². The van der Waals surface area contributed by atoms with E-state index in [1.165, 1.54) is 0 Å². The first kappa shape index (κ1) is 15.8. The number of carbonyl (C=O) groups is 1. The monoisotopic (exact) mass is 320 g/mol. The third kappa shape index (κ3) is 3.63. The predicted octanol–water partition coefficient (Wildman–Crippen LogP) is 3.97. The van der Waals surface area contributed by atoms with Crippen LogP contribution in [-0.2, 0) is 7.05 Å². The number of aromatic nitrogens is 2. The second-order valence-corrected chi connectivity index (χ2v) is 5.66. The van der Waals surface area contributed by atoms with Gasteiger partial charge in [0.1, 0.15) is 5.69 Å². The van der Waals surface area contributed by atoms with Crippen molar-refractivity contribution in [3.63, 3.8) is 0 Å². The van der Waals surface area contributed by atoms with Crippen molar-refractivity contribution in [3.05, 3.63) is 72.4 Å². The number of aryl methyl sites for hydroxylation is 1. The summed E-state index contributed by atoms with van der Waals surface area (Å²) in [4.78, 5) is 12.3. The van der Waals surface area contributed by atoms with Gasteiger partial charge < -0.3 is 10.6 Å². The minimum absolute atomic E-state index is 0.0805. The molecule has 1 heterocycles. The summed E-state index contributed by atoms with van der Waals surface area (Å²) in [5.74, 6) is 0. The average Bonchev–Trinajstić information content (AvgIpc) is 2.96. The van der Waals surface area contributed by atoms with Crippen molar-refractivity contribution in [1.82, 2.24) is 15.1 Å². The molecule has 5 heteroatoms. The molecule has 2 amide bonds. The van der Waals surface area contributed by atoms with E-state index in [1.54, 1.807) is 10.9 Å². The van der Waals surface area contributed by atoms with Crippen molar-refractivity contribution < 1.29 is 4.79 Å². The Balaban J connectivity index is 1.73. The Morgan fingerprint density at radius 3 is 2.33 bits per heavy atom. The lowest BCUT2D eigenvalue weighted by atomic mass is 10.1. The molecule has 3 aromatic rings. The van der Waals surface area contributed by atoms with Crippen LogP contribution in [0.4, 0.5) is 10.5 Å². The average molecular weight is 320 g/mol. The first-order chi connectivity index (χ1) is 11.6. The summed E-state index contributed by atoms with van der Waals surface area (Å²) in [5, 5.41) is 10.3. The third-order valence-corrected chi connectivity index (χ3v) is 3.77. The SMILES string of the molecule is C[C@H](NC(=O)Nc1cn(C)nc1-c1ccccc1)c1ccccc1. The zero-order valence-corrected chi connectivity index (χ0v) is 13.7. The number of nitrogens with one attached hydrogen (secondary N) is 2. The first-order valence-electron chi connectivity index (χ1n) is 7.85. The molecule has 2 N–H and O–H groups in total. The first-order valence-corrected chi connectivity index (χ1v) is 7.85. The molecule has 0 saturated heterocycles. The lowest BCUT2D eigenvalue weighted by Gasteiger charge is -2.15. The molecule has 24 heavy (non-hydrogen) atoms. The molecule has 1 atom stereocenters. The van der Waals surface area contributed by atoms with Gasteiger partial charge in [0.15, 0.2) is 0 Å². The van der Waals surface area contributed by atoms with E-state index >= 15 is 0 Å². The summed E-state index contributed by atoms with van der Waals surface area (Å²) in [7, 11) is 1.84. The number of nitrogens with zero attached hydrogens (tertiary/aromatic N) is 2. The Labute approximate surface area is 141 Å². The fourth-order valence-corrected chi connectivity index (χ4v) is 2.57. The zero-order valence-electron chi connectivity index (χ0n) is 13.7. The van der Waals surface area contributed by atoms with E-state index in [1.807, 2.05) is 74.6 Å². The van der Waals surface area contributed by atoms with Gasteiger partial charge in [-0.15, -0.1) is 0 Å². The third-order valence-electron chi connectivity index (χ3n) is 3.77. The normalized spacial score (nSPS) is 11.8. The number of hydrogen-bond acceptors (Lipinski definition) is 2. The van der Waals surface area contributed by atoms with E-state index in [0.717, 1.165) is 16.8 Å². The van der Waals surface area contributed by atoms with Crippen LogP contribution >= 0.6 is 0 Å². The van der Waals surface area contributed by atoms with Crippen molar-refractivity contribution in [3.8, 4) is 11.3 Å². The van der Waals surface area contributed by atoms with Crippen LogP contribution in [0.25, 0.3) is 11.3 Å². The van der Waals surface area contributed by atoms with Gasteiger partial charge in [-0.3, -0.25) is 4.68 Å². The van der Waals surface area contributed by atoms with Gasteiger partial charge in [0.05, 0.1) is 11.7 Å². The Morgan fingerprint density at radius 1 is 1.04 bits per heavy atom. The number of rotatable bonds is 4. The number of urea groups is 1. The molecule has 0 bridgehead atoms. The number of benzene rings is 2. The minimum atomic E-state index is -0.253. The van der Waals surface area contributed by atoms with Crippen LogP contribution in [0.2, 0.25) is 0 Å². The van der Waals surface area contributed by atoms with Gasteiger partial charge >= 0.3 is 6.03 Å². The van der Waals surface area contributed by atoms with Crippen LogP contribution in [-0.4, -0.2) is 15.8 Å². The molecule has 3 rings (SSSR count). The van der Waals surface area contributed by atoms with E-state index in [-0.39, 0.29) is 12.1 Å². The maximum absolute atomic E-state index is 12.3. The molecule has 0 saturated carbocycles. The van der Waals surface area contributed by atoms with Gasteiger partial charge in [0.25, 0.3) is 0 Å². The molecule has 0 radical (unpaired) electrons. The van der Waals surface area contributed by atoms with Gasteiger partial charge in [0, 0.05) is 18.8 Å². The van der Waals surface area contributed by atoms with Crippen molar-refractivity contribution in [2.24, 2.45) is 7.05 Å². The van der Waals surface area contributed by atoms with Crippen LogP contribution in [0, 0.1) is 0 Å². The molecule has 0 unspecified atom stereocenters. The second-order valence-electron chi connectivity index (χ2n) is 5.66. The van der Waals surface area contributed by atoms with Crippen LogP contribution in [0.15, 0.2) is 66.9 Å². The number of carbonyl (C=O) groups excluding carboxylic acids is 1. The van der Waals surface area contributed by atoms with Crippen molar-refractivity contribution >= 4 is 11.7 Å². The number of amides is 2. The second kappa shape index (κ2) is 7.00. The van der Waals surface area contributed by atoms with Crippen LogP contribution < -0.4 is 10.6 Å². The fraction of sp³-hybridized carbons (Fsp3) is 0.158. The summed E-state index contributed by atoms with van der Waals surface area (Å²) in [5.41, 5.74) is 3.45. The highest BCUT2D eigenvalue weighted by Gasteiger charge is 2.14. The molecule has 0 fully saturated rings. The van der Waals surface area contributed by atoms with Crippen LogP contribution in [0.5, 0.6) is 0 Å². The smallest absolute Gasteiger partial charge is 0.319 e. The highest BCUT2D eigenvalue weighted by atomic mass is 16.2. The number of hydrogen-bond donors (Lipinski definition) is 2. The maximum atomic E-state index is 12.3. The Bertz CT molecular complexity index is 812. The standard InChI is InChI=1S/C19H20N4O/c1-14(15-9-5-3-6-10-15)20-19(24)21-17-13-23(2)22-18(17)16-11-7-4-8-12-16/h3-14H,1-2H3,(H2,20,21,24)/t14-/m0/s1. The van der Waals surface area contributed by atoms with E-state index in [2.05, 4.69) is 15.7 Å². The predicted molar refractivity (Wildman–Crippen MR) is 95.7 cm³/mol. The van der Waals surface area contributed by atoms with Gasteiger partial charge in [-0.05, 0) is 12.5 Å². The van der Waals surface area contributed by atoms with Gasteiger partial charge in [0.2, 0.25) is 0 Å². The molecule has 1 aromatic heterocycles. The Morgan fingerprint density at radius 2 is 1.67 bits per heavy atom. The lowest BCUT2D eigenvalue weighted by Crippen LogP contribution is -2.31. The Hall–Kier alpha value is -3.08. The largest absolute Gasteiger partial charge is 0.331 e. The minimum Gasteiger partial charge on any atom is -0.331 e. The van der Waals surface area contributed by atoms with Gasteiger partial charge in [-0.25, -0.2) is 4.79 Å². The molecule has 0 aliphatic rings. The highest BCUT2D eigenvalue weighted by Crippen LogP contribution is 2.26. The summed E-state index contributed by atoms with van der Waals surface area (Å²) >= 11 is 0. The summed E-state index contributed by atoms with van der Waals surface area (Å²) in [6.07, 6.45) is 1.80. The van der Waals surface area contributed by atoms with Crippen LogP contribution in [0.1, 0.15) is 18.5 Å². The zero-order chi connectivity index (χ0) is 16.9. The van der Waals surface area contributed by atoms with Crippen molar-refractivity contribution in [2.45, 2.75) is 13.0 Å². The Kier molecular flexibility index (Phi) is 4.61. The number of anilines is 1. The molecule has 0 spiro atoms. The quantitative estimate of drug-likeness (QED) is 0.764. The van der Waals surface area contributed by atoms with Gasteiger partial charge in [-0.2, -0.15) is 5.10 Å². The van der Waals surface area contributed by atoms with Crippen molar-refractivity contribution in [2.75, 3.05) is 5.32 Å². The molecular formula is C19H20N4O. The molecule has 0 aliphatic heterocycles. The molecule has 122 valence electrons. The van der Waals surface area contributed by atoms with Crippen molar-refractivity contribution in [1.29, 1.82) is 0 Å². The molecule has 0 aliphatic carbocycles. The summed E-state index contributed by atoms with van der Waals surface area (Å²) in [6.45, 7) is 1.95. The topological polar surface area (TPSA) is 59.0 Å². The highest BCUT2D eigenvalue weighted by molar-refractivity contribution is 5.93. The molecular weight excluding hydrogens is 300 g/mol. The lowest BCUT2D eigenvalue weighted by molar-refractivity contribution is 0.249. The molecule has 5 nitrogen and oxygen atoms in total. The maximum Gasteiger partial charge on any atom is 0.319 e. The van der Waals surface area contributed by atoms with E-state index in [0.29, 0.717) is 5.69 Å². The van der Waals surface area contributed by atoms with E-state index < -0.39 is 0 Å².